The lowest BCUT2D eigenvalue weighted by Crippen LogP contribution is -2.47. The molecule has 3 amide bonds. The van der Waals surface area contributed by atoms with Gasteiger partial charge in [-0.15, -0.1) is 0 Å². The summed E-state index contributed by atoms with van der Waals surface area (Å²) in [5, 5.41) is 8.11. The number of anilines is 2. The molecule has 1 atom stereocenters. The van der Waals surface area contributed by atoms with Crippen LogP contribution < -0.4 is 16.0 Å². The van der Waals surface area contributed by atoms with E-state index in [2.05, 4.69) is 20.9 Å². The fourth-order valence-electron chi connectivity index (χ4n) is 6.04. The molecule has 3 aromatic rings. The zero-order valence-corrected chi connectivity index (χ0v) is 27.6. The van der Waals surface area contributed by atoms with E-state index >= 15 is 0 Å². The number of aryl methyl sites for hydroxylation is 6. The molecule has 0 aromatic heterocycles. The molecule has 0 unspecified atom stereocenters. The lowest BCUT2D eigenvalue weighted by molar-refractivity contribution is -0.144. The third-order valence-electron chi connectivity index (χ3n) is 8.05. The topological polar surface area (TPSA) is 126 Å². The standard InChI is InChI=1S/C26H32FN3O4.C10H11NO/c1-15-12-16(2)22(17(3)13-15)30-26(33)28-21-14-19(27)10-11-20(21)24(31)29-23(25(32)34-4)18-8-6-5-7-9-18;1-7-4-8(2)10(11-6-12)9(3)5-7/h10-14,18,23H,5-9H2,1-4H3,(H,29,31)(H2,28,30,33);4-5H,1-3H3/t23-;/m0./s1. The Kier molecular flexibility index (Phi) is 12.8. The molecule has 10 heteroatoms. The van der Waals surface area contributed by atoms with Gasteiger partial charge in [0.05, 0.1) is 24.0 Å². The lowest BCUT2D eigenvalue weighted by Gasteiger charge is -2.29. The molecule has 0 bridgehead atoms. The average molecular weight is 631 g/mol. The maximum absolute atomic E-state index is 14.0. The van der Waals surface area contributed by atoms with Crippen molar-refractivity contribution >= 4 is 41.0 Å². The van der Waals surface area contributed by atoms with Crippen LogP contribution in [0.5, 0.6) is 0 Å². The van der Waals surface area contributed by atoms with Gasteiger partial charge in [-0.05, 0) is 101 Å². The number of halogens is 1. The fourth-order valence-corrected chi connectivity index (χ4v) is 6.04. The third-order valence-corrected chi connectivity index (χ3v) is 8.05. The van der Waals surface area contributed by atoms with E-state index in [-0.39, 0.29) is 17.2 Å². The number of urea groups is 1. The number of nitrogens with zero attached hydrogens (tertiary/aromatic N) is 1. The maximum atomic E-state index is 14.0. The minimum absolute atomic E-state index is 0.00433. The molecule has 3 aromatic carbocycles. The van der Waals surface area contributed by atoms with E-state index < -0.39 is 29.8 Å². The Morgan fingerprint density at radius 3 is 1.96 bits per heavy atom. The summed E-state index contributed by atoms with van der Waals surface area (Å²) in [6, 6.07) is 10.00. The number of nitrogens with one attached hydrogen (secondary N) is 3. The molecular formula is C36H43FN4O5. The molecule has 4 rings (SSSR count). The van der Waals surface area contributed by atoms with Crippen LogP contribution in [0, 0.1) is 53.3 Å². The Bertz CT molecular complexity index is 1600. The molecule has 0 saturated heterocycles. The highest BCUT2D eigenvalue weighted by Crippen LogP contribution is 2.28. The number of hydrogen-bond acceptors (Lipinski definition) is 6. The van der Waals surface area contributed by atoms with Gasteiger partial charge in [0.1, 0.15) is 11.9 Å². The molecule has 1 aliphatic rings. The van der Waals surface area contributed by atoms with E-state index in [1.165, 1.54) is 18.7 Å². The van der Waals surface area contributed by atoms with Crippen LogP contribution in [0.1, 0.15) is 75.8 Å². The van der Waals surface area contributed by atoms with E-state index in [0.717, 1.165) is 77.7 Å². The van der Waals surface area contributed by atoms with Gasteiger partial charge >= 0.3 is 12.0 Å². The number of hydrogen-bond donors (Lipinski definition) is 3. The maximum Gasteiger partial charge on any atom is 0.328 e. The largest absolute Gasteiger partial charge is 0.467 e. The number of ether oxygens (including phenoxy) is 1. The molecule has 1 saturated carbocycles. The van der Waals surface area contributed by atoms with Crippen molar-refractivity contribution in [2.45, 2.75) is 79.7 Å². The Morgan fingerprint density at radius 2 is 1.41 bits per heavy atom. The highest BCUT2D eigenvalue weighted by molar-refractivity contribution is 6.07. The van der Waals surface area contributed by atoms with Crippen molar-refractivity contribution in [2.75, 3.05) is 17.7 Å². The summed E-state index contributed by atoms with van der Waals surface area (Å²) < 4.78 is 18.9. The second-order valence-electron chi connectivity index (χ2n) is 11.9. The number of aliphatic imine (C=N–C) groups is 1. The number of carbonyl (C=O) groups is 3. The first-order valence-corrected chi connectivity index (χ1v) is 15.3. The van der Waals surface area contributed by atoms with E-state index in [0.29, 0.717) is 5.69 Å². The van der Waals surface area contributed by atoms with E-state index in [1.54, 1.807) is 6.08 Å². The highest BCUT2D eigenvalue weighted by Gasteiger charge is 2.32. The highest BCUT2D eigenvalue weighted by atomic mass is 19.1. The first-order chi connectivity index (χ1) is 21.8. The number of amides is 3. The molecule has 3 N–H and O–H groups in total. The average Bonchev–Trinajstić information content (AvgIpc) is 3.00. The van der Waals surface area contributed by atoms with Crippen molar-refractivity contribution in [1.29, 1.82) is 0 Å². The molecule has 1 fully saturated rings. The van der Waals surface area contributed by atoms with Gasteiger partial charge in [0.25, 0.3) is 5.91 Å². The molecule has 0 spiro atoms. The van der Waals surface area contributed by atoms with Crippen LogP contribution in [0.3, 0.4) is 0 Å². The van der Waals surface area contributed by atoms with Crippen LogP contribution in [-0.2, 0) is 14.3 Å². The van der Waals surface area contributed by atoms with Crippen molar-refractivity contribution in [3.05, 3.63) is 87.2 Å². The van der Waals surface area contributed by atoms with Gasteiger partial charge in [0, 0.05) is 5.69 Å². The van der Waals surface area contributed by atoms with Crippen LogP contribution in [-0.4, -0.2) is 37.1 Å². The summed E-state index contributed by atoms with van der Waals surface area (Å²) in [7, 11) is 1.29. The van der Waals surface area contributed by atoms with Crippen molar-refractivity contribution in [3.63, 3.8) is 0 Å². The van der Waals surface area contributed by atoms with Gasteiger partial charge in [-0.1, -0.05) is 54.7 Å². The SMILES string of the molecule is COC(=O)[C@@H](NC(=O)c1ccc(F)cc1NC(=O)Nc1c(C)cc(C)cc1C)C1CCCCC1.Cc1cc(C)c(N=C=O)c(C)c1. The van der Waals surface area contributed by atoms with E-state index in [1.807, 2.05) is 65.8 Å². The molecular weight excluding hydrogens is 587 g/mol. The Labute approximate surface area is 270 Å². The zero-order chi connectivity index (χ0) is 34.0. The fraction of sp³-hybridized carbons (Fsp3) is 0.389. The van der Waals surface area contributed by atoms with Crippen molar-refractivity contribution in [2.24, 2.45) is 10.9 Å². The minimum atomic E-state index is -0.803. The monoisotopic (exact) mass is 630 g/mol. The summed E-state index contributed by atoms with van der Waals surface area (Å²) in [4.78, 5) is 52.0. The van der Waals surface area contributed by atoms with Gasteiger partial charge in [-0.3, -0.25) is 4.79 Å². The van der Waals surface area contributed by atoms with Crippen LogP contribution in [0.15, 0.2) is 47.5 Å². The second-order valence-corrected chi connectivity index (χ2v) is 11.9. The quantitative estimate of drug-likeness (QED) is 0.139. The number of methoxy groups -OCH3 is 1. The summed E-state index contributed by atoms with van der Waals surface area (Å²) in [6.45, 7) is 11.6. The Balaban J connectivity index is 0.000000402. The number of isocyanates is 1. The van der Waals surface area contributed by atoms with Crippen LogP contribution in [0.2, 0.25) is 0 Å². The van der Waals surface area contributed by atoms with Gasteiger partial charge in [-0.2, -0.15) is 4.99 Å². The normalized spacial score (nSPS) is 13.3. The zero-order valence-electron chi connectivity index (χ0n) is 27.6. The summed E-state index contributed by atoms with van der Waals surface area (Å²) in [5.41, 5.74) is 7.54. The first kappa shape index (κ1) is 35.7. The molecule has 46 heavy (non-hydrogen) atoms. The van der Waals surface area contributed by atoms with Crippen LogP contribution in [0.4, 0.5) is 26.2 Å². The predicted molar refractivity (Wildman–Crippen MR) is 178 cm³/mol. The number of carbonyl (C=O) groups excluding carboxylic acids is 4. The summed E-state index contributed by atoms with van der Waals surface area (Å²) in [5.74, 6) is -1.73. The van der Waals surface area contributed by atoms with Crippen molar-refractivity contribution < 1.29 is 28.3 Å². The number of benzene rings is 3. The molecule has 0 radical (unpaired) electrons. The minimum Gasteiger partial charge on any atom is -0.467 e. The van der Waals surface area contributed by atoms with Crippen molar-refractivity contribution in [3.8, 4) is 0 Å². The molecule has 1 aliphatic carbocycles. The Morgan fingerprint density at radius 1 is 0.848 bits per heavy atom. The Hall–Kier alpha value is -4.82. The van der Waals surface area contributed by atoms with E-state index in [9.17, 15) is 23.6 Å². The first-order valence-electron chi connectivity index (χ1n) is 15.3. The molecule has 9 nitrogen and oxygen atoms in total. The number of esters is 1. The van der Waals surface area contributed by atoms with Gasteiger partial charge in [0.15, 0.2) is 0 Å². The van der Waals surface area contributed by atoms with Gasteiger partial charge in [-0.25, -0.2) is 18.8 Å². The van der Waals surface area contributed by atoms with Crippen LogP contribution >= 0.6 is 0 Å². The van der Waals surface area contributed by atoms with Crippen molar-refractivity contribution in [1.82, 2.24) is 5.32 Å². The molecule has 0 heterocycles. The second kappa shape index (κ2) is 16.5. The van der Waals surface area contributed by atoms with E-state index in [4.69, 9.17) is 4.74 Å². The summed E-state index contributed by atoms with van der Waals surface area (Å²) >= 11 is 0. The third kappa shape index (κ3) is 9.59. The molecule has 0 aliphatic heterocycles. The van der Waals surface area contributed by atoms with Crippen LogP contribution in [0.25, 0.3) is 0 Å². The number of rotatable bonds is 7. The predicted octanol–water partition coefficient (Wildman–Crippen LogP) is 7.83. The lowest BCUT2D eigenvalue weighted by atomic mass is 9.83. The smallest absolute Gasteiger partial charge is 0.328 e. The molecule has 244 valence electrons. The van der Waals surface area contributed by atoms with Gasteiger partial charge in [0.2, 0.25) is 6.08 Å². The van der Waals surface area contributed by atoms with Gasteiger partial charge < -0.3 is 20.7 Å². The summed E-state index contributed by atoms with van der Waals surface area (Å²) in [6.07, 6.45) is 6.24.